The Balaban J connectivity index is 1.37. The number of amides is 3. The molecular weight excluding hydrogens is 579 g/mol. The summed E-state index contributed by atoms with van der Waals surface area (Å²) in [7, 11) is 0. The summed E-state index contributed by atoms with van der Waals surface area (Å²) in [6.07, 6.45) is -2.43. The molecule has 3 aromatic heterocycles. The first-order valence-electron chi connectivity index (χ1n) is 14.5. The molecule has 0 bridgehead atoms. The smallest absolute Gasteiger partial charge is 0.338 e. The molecule has 3 fully saturated rings. The van der Waals surface area contributed by atoms with E-state index in [1.807, 2.05) is 13.8 Å². The maximum Gasteiger partial charge on any atom is 0.433 e. The molecule has 0 aromatic carbocycles. The van der Waals surface area contributed by atoms with E-state index in [9.17, 15) is 27.6 Å². The minimum absolute atomic E-state index is 0.0433. The van der Waals surface area contributed by atoms with E-state index in [0.717, 1.165) is 19.0 Å². The van der Waals surface area contributed by atoms with Crippen LogP contribution in [-0.4, -0.2) is 63.2 Å². The van der Waals surface area contributed by atoms with Crippen molar-refractivity contribution in [2.24, 2.45) is 23.2 Å². The molecule has 3 aromatic rings. The van der Waals surface area contributed by atoms with Crippen molar-refractivity contribution in [3.63, 3.8) is 0 Å². The van der Waals surface area contributed by atoms with Gasteiger partial charge >= 0.3 is 6.18 Å². The highest BCUT2D eigenvalue weighted by Gasteiger charge is 2.72. The fraction of sp³-hybridized carbons (Fsp3) is 0.516. The standard InChI is InChI=1S/C31H34F3N5O3S/c1-15(2)36-12-17-7-9-38(13-17)27(40)22-16(3)10-21(31(32,33)34)37-25(22)19-6-8-35-20-11-18(43-26(19)20)14-39-28(41)23-24(29(39)42)30(23,4)5/h6,8,10-11,15,17,23-24,36H,7,9,12-14H2,1-5H3. The molecule has 12 heteroatoms. The second-order valence-corrected chi connectivity index (χ2v) is 14.0. The third kappa shape index (κ3) is 5.12. The lowest BCUT2D eigenvalue weighted by Gasteiger charge is -2.21. The summed E-state index contributed by atoms with van der Waals surface area (Å²) < 4.78 is 42.4. The van der Waals surface area contributed by atoms with Crippen LogP contribution in [0.1, 0.15) is 60.6 Å². The summed E-state index contributed by atoms with van der Waals surface area (Å²) in [6.45, 7) is 11.3. The van der Waals surface area contributed by atoms with Gasteiger partial charge in [-0.2, -0.15) is 13.2 Å². The monoisotopic (exact) mass is 613 g/mol. The first-order chi connectivity index (χ1) is 20.2. The second kappa shape index (κ2) is 10.4. The molecule has 0 radical (unpaired) electrons. The number of aryl methyl sites for hydroxylation is 1. The number of alkyl halides is 3. The highest BCUT2D eigenvalue weighted by atomic mass is 32.1. The molecule has 3 atom stereocenters. The van der Waals surface area contributed by atoms with Crippen molar-refractivity contribution >= 4 is 39.3 Å². The quantitative estimate of drug-likeness (QED) is 0.364. The predicted molar refractivity (Wildman–Crippen MR) is 156 cm³/mol. The molecule has 1 N–H and O–H groups in total. The van der Waals surface area contributed by atoms with Crippen LogP contribution in [0.5, 0.6) is 0 Å². The van der Waals surface area contributed by atoms with Gasteiger partial charge < -0.3 is 10.2 Å². The number of imide groups is 1. The van der Waals surface area contributed by atoms with Crippen LogP contribution in [0.2, 0.25) is 0 Å². The molecule has 5 heterocycles. The number of halogens is 3. The molecule has 1 saturated carbocycles. The van der Waals surface area contributed by atoms with E-state index in [1.54, 1.807) is 17.0 Å². The van der Waals surface area contributed by atoms with Gasteiger partial charge in [-0.25, -0.2) is 4.98 Å². The maximum absolute atomic E-state index is 14.0. The number of carbonyl (C=O) groups is 3. The van der Waals surface area contributed by atoms with Crippen LogP contribution in [0.4, 0.5) is 13.2 Å². The summed E-state index contributed by atoms with van der Waals surface area (Å²) in [5.74, 6) is -1.10. The normalized spacial score (nSPS) is 23.1. The van der Waals surface area contributed by atoms with Gasteiger partial charge in [-0.1, -0.05) is 27.7 Å². The number of fused-ring (bicyclic) bond motifs is 2. The Morgan fingerprint density at radius 3 is 2.53 bits per heavy atom. The average Bonchev–Trinajstić information content (AvgIpc) is 3.34. The molecule has 1 aliphatic carbocycles. The molecule has 3 aliphatic rings. The highest BCUT2D eigenvalue weighted by molar-refractivity contribution is 7.19. The molecule has 2 aliphatic heterocycles. The van der Waals surface area contributed by atoms with E-state index in [4.69, 9.17) is 0 Å². The van der Waals surface area contributed by atoms with Crippen LogP contribution < -0.4 is 5.32 Å². The van der Waals surface area contributed by atoms with Gasteiger partial charge in [0.25, 0.3) is 5.91 Å². The van der Waals surface area contributed by atoms with E-state index < -0.39 is 11.9 Å². The summed E-state index contributed by atoms with van der Waals surface area (Å²) in [6, 6.07) is 4.56. The van der Waals surface area contributed by atoms with Crippen molar-refractivity contribution in [2.75, 3.05) is 19.6 Å². The van der Waals surface area contributed by atoms with Gasteiger partial charge in [0.1, 0.15) is 5.69 Å². The number of piperidine rings is 1. The molecule has 8 nitrogen and oxygen atoms in total. The minimum atomic E-state index is -4.71. The lowest BCUT2D eigenvalue weighted by molar-refractivity contribution is -0.144. The number of thiophene rings is 1. The Kier molecular flexibility index (Phi) is 7.15. The van der Waals surface area contributed by atoms with Crippen molar-refractivity contribution in [3.05, 3.63) is 46.1 Å². The topological polar surface area (TPSA) is 95.5 Å². The number of likely N-dealkylation sites (tertiary alicyclic amines) is 2. The van der Waals surface area contributed by atoms with Gasteiger partial charge in [-0.3, -0.25) is 24.3 Å². The zero-order valence-electron chi connectivity index (χ0n) is 24.7. The van der Waals surface area contributed by atoms with Crippen LogP contribution in [0.3, 0.4) is 0 Å². The summed E-state index contributed by atoms with van der Waals surface area (Å²) >= 11 is 1.24. The Morgan fingerprint density at radius 1 is 1.19 bits per heavy atom. The van der Waals surface area contributed by atoms with Crippen LogP contribution in [0.25, 0.3) is 21.5 Å². The minimum Gasteiger partial charge on any atom is -0.338 e. The predicted octanol–water partition coefficient (Wildman–Crippen LogP) is 5.29. The van der Waals surface area contributed by atoms with Gasteiger partial charge in [-0.15, -0.1) is 11.3 Å². The molecule has 0 spiro atoms. The number of pyridine rings is 2. The number of hydrogen-bond donors (Lipinski definition) is 1. The van der Waals surface area contributed by atoms with Gasteiger partial charge in [0.15, 0.2) is 0 Å². The molecule has 43 heavy (non-hydrogen) atoms. The van der Waals surface area contributed by atoms with Gasteiger partial charge in [0.05, 0.1) is 39.9 Å². The molecule has 6 rings (SSSR count). The second-order valence-electron chi connectivity index (χ2n) is 12.8. The van der Waals surface area contributed by atoms with Crippen molar-refractivity contribution < 1.29 is 27.6 Å². The van der Waals surface area contributed by atoms with Gasteiger partial charge in [0, 0.05) is 35.8 Å². The third-order valence-electron chi connectivity index (χ3n) is 9.03. The number of hydrogen-bond acceptors (Lipinski definition) is 7. The van der Waals surface area contributed by atoms with E-state index >= 15 is 0 Å². The largest absolute Gasteiger partial charge is 0.433 e. The van der Waals surface area contributed by atoms with E-state index in [-0.39, 0.29) is 64.3 Å². The highest BCUT2D eigenvalue weighted by Crippen LogP contribution is 2.63. The Hall–Kier alpha value is -3.38. The first-order valence-corrected chi connectivity index (χ1v) is 15.3. The van der Waals surface area contributed by atoms with E-state index in [0.29, 0.717) is 39.8 Å². The van der Waals surface area contributed by atoms with Crippen molar-refractivity contribution in [1.29, 1.82) is 0 Å². The van der Waals surface area contributed by atoms with E-state index in [2.05, 4.69) is 29.1 Å². The van der Waals surface area contributed by atoms with Gasteiger partial charge in [-0.05, 0) is 55.0 Å². The lowest BCUT2D eigenvalue weighted by Crippen LogP contribution is -2.35. The zero-order chi connectivity index (χ0) is 31.0. The maximum atomic E-state index is 14.0. The molecule has 3 unspecified atom stereocenters. The number of aromatic nitrogens is 2. The van der Waals surface area contributed by atoms with Crippen molar-refractivity contribution in [3.8, 4) is 11.3 Å². The van der Waals surface area contributed by atoms with Crippen molar-refractivity contribution in [1.82, 2.24) is 25.1 Å². The summed E-state index contributed by atoms with van der Waals surface area (Å²) in [5, 5.41) is 3.40. The van der Waals surface area contributed by atoms with Gasteiger partial charge in [0.2, 0.25) is 11.8 Å². The van der Waals surface area contributed by atoms with Crippen LogP contribution >= 0.6 is 11.3 Å². The number of rotatable bonds is 7. The van der Waals surface area contributed by atoms with Crippen LogP contribution in [0.15, 0.2) is 24.4 Å². The van der Waals surface area contributed by atoms with Crippen LogP contribution in [0, 0.1) is 30.1 Å². The zero-order valence-corrected chi connectivity index (χ0v) is 25.5. The fourth-order valence-corrected chi connectivity index (χ4v) is 7.71. The SMILES string of the molecule is Cc1cc(C(F)(F)F)nc(-c2ccnc3cc(CN4C(=O)C5C(C4=O)C5(C)C)sc23)c1C(=O)N1CCC(CNC(C)C)C1. The Labute approximate surface area is 251 Å². The number of carbonyl (C=O) groups excluding carboxylic acids is 3. The van der Waals surface area contributed by atoms with Crippen molar-refractivity contribution in [2.45, 2.75) is 59.8 Å². The lowest BCUT2D eigenvalue weighted by atomic mass is 9.99. The molecule has 3 amide bonds. The molecular formula is C31H34F3N5O3S. The first kappa shape index (κ1) is 29.7. The molecule has 2 saturated heterocycles. The Morgan fingerprint density at radius 2 is 1.88 bits per heavy atom. The number of nitrogens with one attached hydrogen (secondary N) is 1. The third-order valence-corrected chi connectivity index (χ3v) is 10.2. The Bertz CT molecular complexity index is 1630. The number of nitrogens with zero attached hydrogens (tertiary/aromatic N) is 4. The fourth-order valence-electron chi connectivity index (χ4n) is 6.59. The van der Waals surface area contributed by atoms with E-state index in [1.165, 1.54) is 29.4 Å². The summed E-state index contributed by atoms with van der Waals surface area (Å²) in [4.78, 5) is 51.9. The average molecular weight is 614 g/mol. The van der Waals surface area contributed by atoms with Crippen LogP contribution in [-0.2, 0) is 22.3 Å². The summed E-state index contributed by atoms with van der Waals surface area (Å²) in [5.41, 5.74) is -0.247. The molecule has 228 valence electrons.